The van der Waals surface area contributed by atoms with Gasteiger partial charge in [0.15, 0.2) is 5.60 Å². The molecule has 0 unspecified atom stereocenters. The van der Waals surface area contributed by atoms with Crippen molar-refractivity contribution in [1.29, 1.82) is 0 Å². The summed E-state index contributed by atoms with van der Waals surface area (Å²) in [7, 11) is 4.07. The standard InChI is InChI=1S/C18H24N2O3/c1-12-10-20(11-15(12)19(3)4)17(22)18(2)9-13-7-5-6-8-14(13)16(21)23-18/h5-8,12,15H,9-11H2,1-4H3/t12-,15-,18-/m1/s1. The van der Waals surface area contributed by atoms with Crippen LogP contribution >= 0.6 is 0 Å². The second-order valence-electron chi connectivity index (χ2n) is 7.17. The summed E-state index contributed by atoms with van der Waals surface area (Å²) < 4.78 is 5.56. The third-order valence-electron chi connectivity index (χ3n) is 5.06. The van der Waals surface area contributed by atoms with E-state index >= 15 is 0 Å². The van der Waals surface area contributed by atoms with Gasteiger partial charge in [-0.3, -0.25) is 4.79 Å². The second-order valence-corrected chi connectivity index (χ2v) is 7.17. The first-order valence-electron chi connectivity index (χ1n) is 8.09. The Hall–Kier alpha value is -1.88. The number of amides is 1. The van der Waals surface area contributed by atoms with E-state index in [9.17, 15) is 9.59 Å². The van der Waals surface area contributed by atoms with Crippen molar-refractivity contribution in [2.75, 3.05) is 27.2 Å². The van der Waals surface area contributed by atoms with E-state index in [-0.39, 0.29) is 5.91 Å². The Morgan fingerprint density at radius 3 is 2.65 bits per heavy atom. The Labute approximate surface area is 137 Å². The van der Waals surface area contributed by atoms with Gasteiger partial charge in [-0.25, -0.2) is 4.79 Å². The first kappa shape index (κ1) is 16.0. The molecule has 0 bridgehead atoms. The van der Waals surface area contributed by atoms with Gasteiger partial charge in [0, 0.05) is 25.6 Å². The van der Waals surface area contributed by atoms with Gasteiger partial charge in [-0.05, 0) is 38.6 Å². The molecule has 124 valence electrons. The summed E-state index contributed by atoms with van der Waals surface area (Å²) in [5, 5.41) is 0. The van der Waals surface area contributed by atoms with Crippen LogP contribution in [-0.2, 0) is 16.0 Å². The Kier molecular flexibility index (Phi) is 3.92. The lowest BCUT2D eigenvalue weighted by Crippen LogP contribution is -2.53. The molecule has 0 N–H and O–H groups in total. The van der Waals surface area contributed by atoms with Crippen molar-refractivity contribution in [2.45, 2.75) is 31.9 Å². The molecule has 2 aliphatic rings. The maximum absolute atomic E-state index is 13.0. The zero-order valence-electron chi connectivity index (χ0n) is 14.2. The zero-order chi connectivity index (χ0) is 16.8. The van der Waals surface area contributed by atoms with E-state index in [2.05, 4.69) is 11.8 Å². The lowest BCUT2D eigenvalue weighted by molar-refractivity contribution is -0.150. The summed E-state index contributed by atoms with van der Waals surface area (Å²) in [6, 6.07) is 7.70. The fourth-order valence-electron chi connectivity index (χ4n) is 3.77. The van der Waals surface area contributed by atoms with E-state index in [0.29, 0.717) is 37.0 Å². The molecule has 0 spiro atoms. The molecule has 5 heteroatoms. The number of fused-ring (bicyclic) bond motifs is 1. The van der Waals surface area contributed by atoms with Gasteiger partial charge in [0.25, 0.3) is 5.91 Å². The fourth-order valence-corrected chi connectivity index (χ4v) is 3.77. The van der Waals surface area contributed by atoms with Crippen molar-refractivity contribution < 1.29 is 14.3 Å². The number of hydrogen-bond acceptors (Lipinski definition) is 4. The molecular formula is C18H24N2O3. The number of carbonyl (C=O) groups is 2. The monoisotopic (exact) mass is 316 g/mol. The molecule has 3 rings (SSSR count). The van der Waals surface area contributed by atoms with Crippen LogP contribution in [0, 0.1) is 5.92 Å². The van der Waals surface area contributed by atoms with Gasteiger partial charge in [-0.2, -0.15) is 0 Å². The highest BCUT2D eigenvalue weighted by atomic mass is 16.6. The SMILES string of the molecule is C[C@@H]1CN(C(=O)[C@@]2(C)Cc3ccccc3C(=O)O2)C[C@H]1N(C)C. The highest BCUT2D eigenvalue weighted by Crippen LogP contribution is 2.31. The number of ether oxygens (including phenoxy) is 1. The molecule has 3 atom stereocenters. The van der Waals surface area contributed by atoms with Gasteiger partial charge in [0.05, 0.1) is 5.56 Å². The van der Waals surface area contributed by atoms with Crippen molar-refractivity contribution in [3.05, 3.63) is 35.4 Å². The number of hydrogen-bond donors (Lipinski definition) is 0. The molecule has 0 saturated carbocycles. The normalized spacial score (nSPS) is 30.3. The lowest BCUT2D eigenvalue weighted by Gasteiger charge is -2.36. The topological polar surface area (TPSA) is 49.9 Å². The number of esters is 1. The first-order valence-corrected chi connectivity index (χ1v) is 8.09. The molecule has 1 fully saturated rings. The lowest BCUT2D eigenvalue weighted by atomic mass is 9.89. The Bertz CT molecular complexity index is 643. The van der Waals surface area contributed by atoms with E-state index in [1.807, 2.05) is 37.2 Å². The minimum Gasteiger partial charge on any atom is -0.445 e. The van der Waals surface area contributed by atoms with Crippen molar-refractivity contribution >= 4 is 11.9 Å². The van der Waals surface area contributed by atoms with E-state index in [1.165, 1.54) is 0 Å². The average molecular weight is 316 g/mol. The molecule has 2 heterocycles. The van der Waals surface area contributed by atoms with Crippen molar-refractivity contribution in [3.8, 4) is 0 Å². The summed E-state index contributed by atoms with van der Waals surface area (Å²) in [4.78, 5) is 29.3. The Balaban J connectivity index is 1.82. The van der Waals surface area contributed by atoms with Crippen LogP contribution in [0.4, 0.5) is 0 Å². The van der Waals surface area contributed by atoms with Crippen LogP contribution in [0.15, 0.2) is 24.3 Å². The maximum Gasteiger partial charge on any atom is 0.339 e. The summed E-state index contributed by atoms with van der Waals surface area (Å²) in [6.45, 7) is 5.28. The number of cyclic esters (lactones) is 1. The van der Waals surface area contributed by atoms with Gasteiger partial charge in [-0.1, -0.05) is 25.1 Å². The van der Waals surface area contributed by atoms with Crippen LogP contribution in [0.5, 0.6) is 0 Å². The number of nitrogens with zero attached hydrogens (tertiary/aromatic N) is 2. The number of likely N-dealkylation sites (tertiary alicyclic amines) is 1. The number of likely N-dealkylation sites (N-methyl/N-ethyl adjacent to an activating group) is 1. The molecule has 0 radical (unpaired) electrons. The van der Waals surface area contributed by atoms with Crippen molar-refractivity contribution in [3.63, 3.8) is 0 Å². The van der Waals surface area contributed by atoms with Gasteiger partial charge in [0.1, 0.15) is 0 Å². The van der Waals surface area contributed by atoms with Crippen LogP contribution in [0.1, 0.15) is 29.8 Å². The Morgan fingerprint density at radius 2 is 2.00 bits per heavy atom. The zero-order valence-corrected chi connectivity index (χ0v) is 14.2. The Morgan fingerprint density at radius 1 is 1.30 bits per heavy atom. The van der Waals surface area contributed by atoms with Crippen LogP contribution in [0.25, 0.3) is 0 Å². The van der Waals surface area contributed by atoms with Crippen molar-refractivity contribution in [1.82, 2.24) is 9.80 Å². The number of benzene rings is 1. The molecule has 2 aliphatic heterocycles. The van der Waals surface area contributed by atoms with Crippen LogP contribution in [-0.4, -0.2) is 60.5 Å². The minimum atomic E-state index is -1.10. The average Bonchev–Trinajstić information content (AvgIpc) is 2.88. The predicted octanol–water partition coefficient (Wildman–Crippen LogP) is 1.57. The van der Waals surface area contributed by atoms with Crippen molar-refractivity contribution in [2.24, 2.45) is 5.92 Å². The minimum absolute atomic E-state index is 0.0865. The van der Waals surface area contributed by atoms with Crippen LogP contribution < -0.4 is 0 Å². The van der Waals surface area contributed by atoms with Crippen LogP contribution in [0.3, 0.4) is 0 Å². The largest absolute Gasteiger partial charge is 0.445 e. The fraction of sp³-hybridized carbons (Fsp3) is 0.556. The summed E-state index contributed by atoms with van der Waals surface area (Å²) in [6.07, 6.45) is 0.436. The third-order valence-corrected chi connectivity index (χ3v) is 5.06. The van der Waals surface area contributed by atoms with E-state index in [1.54, 1.807) is 13.0 Å². The summed E-state index contributed by atoms with van der Waals surface area (Å²) >= 11 is 0. The molecule has 23 heavy (non-hydrogen) atoms. The molecule has 1 amide bonds. The predicted molar refractivity (Wildman–Crippen MR) is 87.2 cm³/mol. The van der Waals surface area contributed by atoms with Gasteiger partial charge >= 0.3 is 5.97 Å². The second kappa shape index (κ2) is 5.64. The molecule has 1 saturated heterocycles. The molecule has 0 aromatic heterocycles. The van der Waals surface area contributed by atoms with Crippen LogP contribution in [0.2, 0.25) is 0 Å². The molecular weight excluding hydrogens is 292 g/mol. The van der Waals surface area contributed by atoms with Gasteiger partial charge in [0.2, 0.25) is 0 Å². The third kappa shape index (κ3) is 2.74. The number of carbonyl (C=O) groups excluding carboxylic acids is 2. The van der Waals surface area contributed by atoms with E-state index < -0.39 is 11.6 Å². The highest BCUT2D eigenvalue weighted by Gasteiger charge is 2.47. The molecule has 0 aliphatic carbocycles. The molecule has 1 aromatic carbocycles. The highest BCUT2D eigenvalue weighted by molar-refractivity contribution is 5.97. The van der Waals surface area contributed by atoms with Gasteiger partial charge in [-0.15, -0.1) is 0 Å². The number of rotatable bonds is 2. The molecule has 5 nitrogen and oxygen atoms in total. The summed E-state index contributed by atoms with van der Waals surface area (Å²) in [5.41, 5.74) is 0.349. The smallest absolute Gasteiger partial charge is 0.339 e. The quantitative estimate of drug-likeness (QED) is 0.777. The maximum atomic E-state index is 13.0. The van der Waals surface area contributed by atoms with E-state index in [4.69, 9.17) is 4.74 Å². The summed E-state index contributed by atoms with van der Waals surface area (Å²) in [5.74, 6) is -0.0835. The van der Waals surface area contributed by atoms with E-state index in [0.717, 1.165) is 5.56 Å². The van der Waals surface area contributed by atoms with Gasteiger partial charge < -0.3 is 14.5 Å². The first-order chi connectivity index (χ1) is 10.8. The molecule has 1 aromatic rings.